The number of rotatable bonds is 76. The van der Waals surface area contributed by atoms with E-state index >= 15 is 4.79 Å². The number of ether oxygens (including phenoxy) is 20. The summed E-state index contributed by atoms with van der Waals surface area (Å²) in [6, 6.07) is 0. The van der Waals surface area contributed by atoms with Gasteiger partial charge < -0.3 is 114 Å². The molecule has 11 heterocycles. The van der Waals surface area contributed by atoms with Gasteiger partial charge in [-0.2, -0.15) is 0 Å². The van der Waals surface area contributed by atoms with Crippen LogP contribution in [0.3, 0.4) is 0 Å². The first kappa shape index (κ1) is 112. The molecule has 11 aliphatic heterocycles. The summed E-state index contributed by atoms with van der Waals surface area (Å²) in [5.74, 6) is -2.86. The highest BCUT2D eigenvalue weighted by atomic mass is 16.7. The predicted molar refractivity (Wildman–Crippen MR) is 509 cm³/mol. The molecule has 32 nitrogen and oxygen atoms in total. The molecular weight excluding hydrogens is 1770 g/mol. The number of esters is 4. The van der Waals surface area contributed by atoms with E-state index in [0.29, 0.717) is 146 Å². The molecule has 0 radical (unpaired) electrons. The lowest BCUT2D eigenvalue weighted by atomic mass is 9.80. The van der Waals surface area contributed by atoms with Gasteiger partial charge in [0.2, 0.25) is 23.6 Å². The zero-order valence-corrected chi connectivity index (χ0v) is 87.6. The van der Waals surface area contributed by atoms with Crippen molar-refractivity contribution in [2.24, 2.45) is 106 Å². The van der Waals surface area contributed by atoms with E-state index in [0.717, 1.165) is 57.8 Å². The van der Waals surface area contributed by atoms with Gasteiger partial charge in [-0.15, -0.1) is 0 Å². The monoisotopic (exact) mass is 1940 g/mol. The Labute approximate surface area is 818 Å². The summed E-state index contributed by atoms with van der Waals surface area (Å²) in [6.45, 7) is 52.3. The third-order valence-corrected chi connectivity index (χ3v) is 30.0. The Morgan fingerprint density at radius 1 is 0.285 bits per heavy atom. The second-order valence-corrected chi connectivity index (χ2v) is 46.1. The second kappa shape index (κ2) is 51.8. The van der Waals surface area contributed by atoms with Crippen LogP contribution in [0.25, 0.3) is 0 Å². The maximum atomic E-state index is 15.0. The fraction of sp³-hybridized carbons (Fsp3) is 0.924. The van der Waals surface area contributed by atoms with Crippen molar-refractivity contribution < 1.29 is 133 Å². The molecule has 0 aliphatic carbocycles. The van der Waals surface area contributed by atoms with Crippen molar-refractivity contribution in [2.45, 2.75) is 325 Å². The number of amides is 4. The van der Waals surface area contributed by atoms with E-state index in [9.17, 15) is 33.6 Å². The van der Waals surface area contributed by atoms with E-state index in [4.69, 9.17) is 94.7 Å². The van der Waals surface area contributed by atoms with Crippen molar-refractivity contribution in [3.63, 3.8) is 0 Å². The average Bonchev–Trinajstić information content (AvgIpc) is 1.59. The van der Waals surface area contributed by atoms with Gasteiger partial charge in [-0.05, 0) is 156 Å². The lowest BCUT2D eigenvalue weighted by Crippen LogP contribution is -2.44. The zero-order valence-electron chi connectivity index (χ0n) is 87.6. The quantitative estimate of drug-likeness (QED) is 0.0236. The molecule has 28 unspecified atom stereocenters. The summed E-state index contributed by atoms with van der Waals surface area (Å²) >= 11 is 0. The van der Waals surface area contributed by atoms with E-state index in [1.165, 1.54) is 0 Å². The van der Waals surface area contributed by atoms with Gasteiger partial charge in [0.15, 0.2) is 0 Å². The van der Waals surface area contributed by atoms with Gasteiger partial charge in [0.05, 0.1) is 209 Å². The number of carbonyl (C=O) groups excluding carboxylic acids is 8. The number of carbonyl (C=O) groups is 8. The van der Waals surface area contributed by atoms with Crippen LogP contribution in [0, 0.1) is 106 Å². The van der Waals surface area contributed by atoms with E-state index in [2.05, 4.69) is 125 Å². The summed E-state index contributed by atoms with van der Waals surface area (Å²) in [5.41, 5.74) is -5.22. The van der Waals surface area contributed by atoms with Crippen molar-refractivity contribution in [1.29, 1.82) is 0 Å². The minimum absolute atomic E-state index is 0.00272. The first-order valence-electron chi connectivity index (χ1n) is 52.7. The minimum Gasteiger partial charge on any atom is -0.463 e. The lowest BCUT2D eigenvalue weighted by molar-refractivity contribution is -0.160. The summed E-state index contributed by atoms with van der Waals surface area (Å²) in [6.07, 6.45) is 6.13. The third kappa shape index (κ3) is 36.4. The number of hydrogen-bond donors (Lipinski definition) is 0. The molecule has 0 aromatic rings. The Hall–Kier alpha value is -4.88. The van der Waals surface area contributed by atoms with Crippen LogP contribution in [0.5, 0.6) is 0 Å². The molecule has 0 spiro atoms. The third-order valence-electron chi connectivity index (χ3n) is 30.0. The van der Waals surface area contributed by atoms with E-state index in [-0.39, 0.29) is 239 Å². The van der Waals surface area contributed by atoms with Crippen LogP contribution in [-0.4, -0.2) is 348 Å². The first-order chi connectivity index (χ1) is 65.0. The fourth-order valence-corrected chi connectivity index (χ4v) is 22.1. The molecule has 0 N–H and O–H groups in total. The predicted octanol–water partition coefficient (Wildman–Crippen LogP) is 11.9. The van der Waals surface area contributed by atoms with Gasteiger partial charge >= 0.3 is 23.9 Å². The Bertz CT molecular complexity index is 3620. The zero-order chi connectivity index (χ0) is 99.4. The highest BCUT2D eigenvalue weighted by Gasteiger charge is 2.67. The van der Waals surface area contributed by atoms with E-state index in [1.807, 2.05) is 32.6 Å². The SMILES string of the molecule is CCC(C)CN(CC1CO1)C(=O)CC(C(=O)OCCOCC(COCCOCCOC(=O)C(CC(=O)N(CC1CO1)CC1CO1)C1(C)OC1C(C)CC(C)CC(C)C)(COCCOC(=O)C(CC(=O)N(CC1CO1)CC1CO1)C1(C)OC1C(C)CC(C)CC(C)C)COCCOC(=O)C(CC(=O)N(CC1CO1)CC1CO1)C1(C)OC1C(C)CC(C)CC(C)C)C1(C)OC1C(C)CC(C)CC(C)C. The molecule has 0 bridgehead atoms. The Morgan fingerprint density at radius 2 is 0.482 bits per heavy atom. The van der Waals surface area contributed by atoms with Crippen LogP contribution in [0.4, 0.5) is 0 Å². The molecule has 0 saturated carbocycles. The topological polar surface area (TPSA) is 370 Å². The van der Waals surface area contributed by atoms with Gasteiger partial charge in [0.25, 0.3) is 0 Å². The first-order valence-corrected chi connectivity index (χ1v) is 52.7. The van der Waals surface area contributed by atoms with Gasteiger partial charge in [0.1, 0.15) is 48.8 Å². The maximum Gasteiger partial charge on any atom is 0.312 e. The average molecular weight is 1940 g/mol. The van der Waals surface area contributed by atoms with Crippen LogP contribution >= 0.6 is 0 Å². The fourth-order valence-electron chi connectivity index (χ4n) is 22.1. The van der Waals surface area contributed by atoms with Crippen molar-refractivity contribution in [3.05, 3.63) is 0 Å². The van der Waals surface area contributed by atoms with Gasteiger partial charge in [-0.1, -0.05) is 131 Å². The van der Waals surface area contributed by atoms with E-state index in [1.54, 1.807) is 14.7 Å². The van der Waals surface area contributed by atoms with Crippen LogP contribution in [-0.2, 0) is 133 Å². The van der Waals surface area contributed by atoms with Gasteiger partial charge in [-0.25, -0.2) is 0 Å². The smallest absolute Gasteiger partial charge is 0.312 e. The number of nitrogens with zero attached hydrogens (tertiary/aromatic N) is 4. The Balaban J connectivity index is 0.821. The Morgan fingerprint density at radius 3 is 0.693 bits per heavy atom. The van der Waals surface area contributed by atoms with Crippen molar-refractivity contribution in [1.82, 2.24) is 19.6 Å². The molecule has 32 heteroatoms. The van der Waals surface area contributed by atoms with Crippen molar-refractivity contribution in [3.8, 4) is 0 Å². The molecule has 28 atom stereocenters. The molecule has 4 amide bonds. The Kier molecular flexibility index (Phi) is 42.5. The highest BCUT2D eigenvalue weighted by molar-refractivity contribution is 5.87. The summed E-state index contributed by atoms with van der Waals surface area (Å²) in [4.78, 5) is 125. The molecule has 11 saturated heterocycles. The lowest BCUT2D eigenvalue weighted by Gasteiger charge is -2.33. The molecule has 786 valence electrons. The molecule has 11 aliphatic rings. The molecule has 11 rings (SSSR count). The van der Waals surface area contributed by atoms with Crippen molar-refractivity contribution >= 4 is 47.5 Å². The standard InChI is InChI=1S/C105H178N4O28/c1-23-69(10)46-106(47-78-54-127-78)89(110)42-85(101(19)93(134-101)74(15)38-70(11)34-65(2)3)98(115)124-31-27-120-62-105(63-121-28-32-125-99(116)87(44-91(112)108(50-81-57-130-81)51-82-58-131-82)103(21)95(136-103)76(17)40-72(13)36-67(6)7,64-122-29-33-126-100(117)88(45-92(113)109(52-83-59-132-83)53-84-60-133-84)104(22)96(137-104)77(18)41-73(14)37-68(8)9)61-119-25-24-118-26-30-123-97(114)86(43-90(111)107(48-79-55-128-79)49-80-56-129-80)102(20)94(135-102)75(16)39-71(12)35-66(4)5/h65-88,93-96H,23-64H2,1-22H3. The number of hydrogen-bond acceptors (Lipinski definition) is 28. The molecule has 11 fully saturated rings. The van der Waals surface area contributed by atoms with Crippen LogP contribution in [0.1, 0.15) is 236 Å². The minimum atomic E-state index is -1.25. The van der Waals surface area contributed by atoms with Crippen LogP contribution < -0.4 is 0 Å². The van der Waals surface area contributed by atoms with Crippen LogP contribution in [0.2, 0.25) is 0 Å². The maximum absolute atomic E-state index is 15.0. The molecule has 137 heavy (non-hydrogen) atoms. The largest absolute Gasteiger partial charge is 0.463 e. The van der Waals surface area contributed by atoms with Gasteiger partial charge in [-0.3, -0.25) is 38.4 Å². The highest BCUT2D eigenvalue weighted by Crippen LogP contribution is 2.55. The van der Waals surface area contributed by atoms with Crippen LogP contribution in [0.15, 0.2) is 0 Å². The number of epoxide rings is 11. The second-order valence-electron chi connectivity index (χ2n) is 46.1. The van der Waals surface area contributed by atoms with E-state index < -0.39 is 75.4 Å². The summed E-state index contributed by atoms with van der Waals surface area (Å²) in [5, 5.41) is 0. The van der Waals surface area contributed by atoms with Crippen molar-refractivity contribution in [2.75, 3.05) is 191 Å². The molecule has 0 aromatic carbocycles. The molecule has 0 aromatic heterocycles. The molecular formula is C105H178N4O28. The summed E-state index contributed by atoms with van der Waals surface area (Å²) < 4.78 is 123. The summed E-state index contributed by atoms with van der Waals surface area (Å²) in [7, 11) is 0. The normalized spacial score (nSPS) is 30.0. The van der Waals surface area contributed by atoms with Gasteiger partial charge in [0, 0.05) is 78.0 Å².